The molecule has 0 aromatic heterocycles. The zero-order valence-electron chi connectivity index (χ0n) is 10.3. The molecule has 0 heterocycles. The van der Waals surface area contributed by atoms with Gasteiger partial charge in [-0.05, 0) is 37.8 Å². The van der Waals surface area contributed by atoms with Gasteiger partial charge in [0.05, 0.1) is 22.7 Å². The fourth-order valence-corrected chi connectivity index (χ4v) is 2.25. The Balaban J connectivity index is 2.22. The highest BCUT2D eigenvalue weighted by atomic mass is 35.5. The average molecular weight is 290 g/mol. The molecular weight excluding hydrogens is 276 g/mol. The lowest BCUT2D eigenvalue weighted by Gasteiger charge is -2.29. The number of hydrogen-bond donors (Lipinski definition) is 2. The highest BCUT2D eigenvalue weighted by Crippen LogP contribution is 2.39. The second-order valence-electron chi connectivity index (χ2n) is 5.05. The van der Waals surface area contributed by atoms with Gasteiger partial charge in [-0.3, -0.25) is 4.79 Å². The van der Waals surface area contributed by atoms with Crippen molar-refractivity contribution in [2.24, 2.45) is 5.92 Å². The van der Waals surface area contributed by atoms with Gasteiger partial charge in [-0.1, -0.05) is 11.6 Å². The van der Waals surface area contributed by atoms with Crippen LogP contribution in [0, 0.1) is 17.6 Å². The van der Waals surface area contributed by atoms with Crippen LogP contribution in [0.4, 0.5) is 8.78 Å². The number of nitrogens with one attached hydrogen (secondary N) is 1. The second-order valence-corrected chi connectivity index (χ2v) is 5.46. The number of rotatable bonds is 4. The van der Waals surface area contributed by atoms with E-state index in [1.54, 1.807) is 6.92 Å². The van der Waals surface area contributed by atoms with Crippen LogP contribution in [0.3, 0.4) is 0 Å². The van der Waals surface area contributed by atoms with Crippen LogP contribution in [-0.2, 0) is 0 Å². The molecule has 3 nitrogen and oxygen atoms in total. The van der Waals surface area contributed by atoms with E-state index in [4.69, 9.17) is 11.6 Å². The molecule has 0 spiro atoms. The summed E-state index contributed by atoms with van der Waals surface area (Å²) in [7, 11) is 0. The van der Waals surface area contributed by atoms with E-state index in [-0.39, 0.29) is 23.1 Å². The fraction of sp³-hybridized carbons (Fsp3) is 0.462. The summed E-state index contributed by atoms with van der Waals surface area (Å²) in [5.41, 5.74) is -0.897. The average Bonchev–Trinajstić information content (AvgIpc) is 3.17. The summed E-state index contributed by atoms with van der Waals surface area (Å²) < 4.78 is 26.1. The molecule has 1 aromatic rings. The molecule has 1 amide bonds. The fourth-order valence-electron chi connectivity index (χ4n) is 2.01. The molecule has 2 rings (SSSR count). The molecule has 1 aliphatic rings. The molecule has 1 atom stereocenters. The zero-order chi connectivity index (χ0) is 14.2. The monoisotopic (exact) mass is 289 g/mol. The molecule has 1 saturated carbocycles. The minimum atomic E-state index is -1.13. The number of carbonyl (C=O) groups is 1. The maximum absolute atomic E-state index is 13.1. The molecule has 0 bridgehead atoms. The largest absolute Gasteiger partial charge is 0.394 e. The lowest BCUT2D eigenvalue weighted by atomic mass is 9.96. The minimum Gasteiger partial charge on any atom is -0.394 e. The normalized spacial score (nSPS) is 17.9. The van der Waals surface area contributed by atoms with Gasteiger partial charge in [0.15, 0.2) is 11.6 Å². The van der Waals surface area contributed by atoms with Crippen LogP contribution in [0.5, 0.6) is 0 Å². The maximum atomic E-state index is 13.1. The first-order chi connectivity index (χ1) is 8.87. The predicted molar refractivity (Wildman–Crippen MR) is 67.0 cm³/mol. The molecule has 2 N–H and O–H groups in total. The van der Waals surface area contributed by atoms with E-state index in [1.165, 1.54) is 0 Å². The SMILES string of the molecule is CC(CO)(NC(=O)c1cc(F)c(F)cc1Cl)C1CC1. The van der Waals surface area contributed by atoms with Crippen LogP contribution >= 0.6 is 11.6 Å². The number of halogens is 3. The van der Waals surface area contributed by atoms with Crippen molar-refractivity contribution < 1.29 is 18.7 Å². The van der Waals surface area contributed by atoms with Gasteiger partial charge >= 0.3 is 0 Å². The summed E-state index contributed by atoms with van der Waals surface area (Å²) in [6.07, 6.45) is 1.84. The minimum absolute atomic E-state index is 0.138. The van der Waals surface area contributed by atoms with Crippen LogP contribution < -0.4 is 5.32 Å². The Bertz CT molecular complexity index is 520. The van der Waals surface area contributed by atoms with Gasteiger partial charge in [-0.15, -0.1) is 0 Å². The summed E-state index contributed by atoms with van der Waals surface area (Å²) >= 11 is 5.73. The number of aliphatic hydroxyl groups excluding tert-OH is 1. The van der Waals surface area contributed by atoms with Crippen molar-refractivity contribution in [3.05, 3.63) is 34.4 Å². The highest BCUT2D eigenvalue weighted by Gasteiger charge is 2.42. The van der Waals surface area contributed by atoms with Gasteiger partial charge < -0.3 is 10.4 Å². The molecular formula is C13H14ClF2NO2. The third-order valence-corrected chi connectivity index (χ3v) is 3.77. The third kappa shape index (κ3) is 2.87. The van der Waals surface area contributed by atoms with Gasteiger partial charge in [0.2, 0.25) is 0 Å². The van der Waals surface area contributed by atoms with Crippen LogP contribution in [0.2, 0.25) is 5.02 Å². The molecule has 104 valence electrons. The maximum Gasteiger partial charge on any atom is 0.253 e. The summed E-state index contributed by atoms with van der Waals surface area (Å²) in [5, 5.41) is 11.9. The van der Waals surface area contributed by atoms with E-state index >= 15 is 0 Å². The van der Waals surface area contributed by atoms with Gasteiger partial charge in [-0.25, -0.2) is 8.78 Å². The van der Waals surface area contributed by atoms with Crippen molar-refractivity contribution in [1.29, 1.82) is 0 Å². The zero-order valence-corrected chi connectivity index (χ0v) is 11.1. The molecule has 1 aliphatic carbocycles. The van der Waals surface area contributed by atoms with Gasteiger partial charge in [0.25, 0.3) is 5.91 Å². The van der Waals surface area contributed by atoms with Crippen molar-refractivity contribution >= 4 is 17.5 Å². The Morgan fingerprint density at radius 3 is 2.58 bits per heavy atom. The van der Waals surface area contributed by atoms with Crippen molar-refractivity contribution in [3.8, 4) is 0 Å². The van der Waals surface area contributed by atoms with Gasteiger partial charge in [0.1, 0.15) is 0 Å². The number of hydrogen-bond acceptors (Lipinski definition) is 2. The topological polar surface area (TPSA) is 49.3 Å². The molecule has 1 aromatic carbocycles. The first-order valence-corrected chi connectivity index (χ1v) is 6.33. The van der Waals surface area contributed by atoms with Crippen LogP contribution in [0.25, 0.3) is 0 Å². The van der Waals surface area contributed by atoms with Crippen molar-refractivity contribution in [2.75, 3.05) is 6.61 Å². The van der Waals surface area contributed by atoms with E-state index in [1.807, 2.05) is 0 Å². The van der Waals surface area contributed by atoms with Gasteiger partial charge in [0, 0.05) is 0 Å². The lowest BCUT2D eigenvalue weighted by Crippen LogP contribution is -2.50. The Kier molecular flexibility index (Phi) is 3.78. The first kappa shape index (κ1) is 14.2. The molecule has 0 aliphatic heterocycles. The smallest absolute Gasteiger partial charge is 0.253 e. The van der Waals surface area contributed by atoms with Crippen molar-refractivity contribution in [2.45, 2.75) is 25.3 Å². The van der Waals surface area contributed by atoms with E-state index in [2.05, 4.69) is 5.32 Å². The summed E-state index contributed by atoms with van der Waals surface area (Å²) in [5.74, 6) is -2.65. The summed E-state index contributed by atoms with van der Waals surface area (Å²) in [6.45, 7) is 1.50. The highest BCUT2D eigenvalue weighted by molar-refractivity contribution is 6.33. The number of benzene rings is 1. The second kappa shape index (κ2) is 5.06. The van der Waals surface area contributed by atoms with E-state index in [9.17, 15) is 18.7 Å². The van der Waals surface area contributed by atoms with Crippen LogP contribution in [-0.4, -0.2) is 23.2 Å². The van der Waals surface area contributed by atoms with Crippen LogP contribution in [0.1, 0.15) is 30.1 Å². The predicted octanol–water partition coefficient (Wildman–Crippen LogP) is 2.51. The number of amides is 1. The Morgan fingerprint density at radius 2 is 2.05 bits per heavy atom. The Morgan fingerprint density at radius 1 is 1.47 bits per heavy atom. The van der Waals surface area contributed by atoms with Crippen molar-refractivity contribution in [3.63, 3.8) is 0 Å². The Hall–Kier alpha value is -1.20. The van der Waals surface area contributed by atoms with E-state index in [0.717, 1.165) is 25.0 Å². The summed E-state index contributed by atoms with van der Waals surface area (Å²) in [4.78, 5) is 12.0. The number of carbonyl (C=O) groups excluding carboxylic acids is 1. The van der Waals surface area contributed by atoms with Gasteiger partial charge in [-0.2, -0.15) is 0 Å². The molecule has 19 heavy (non-hydrogen) atoms. The summed E-state index contributed by atoms with van der Waals surface area (Å²) in [6, 6.07) is 1.52. The molecule has 1 unspecified atom stereocenters. The molecule has 1 fully saturated rings. The van der Waals surface area contributed by atoms with E-state index < -0.39 is 23.1 Å². The third-order valence-electron chi connectivity index (χ3n) is 3.46. The first-order valence-electron chi connectivity index (χ1n) is 5.95. The quantitative estimate of drug-likeness (QED) is 0.837. The molecule has 0 radical (unpaired) electrons. The number of aliphatic hydroxyl groups is 1. The Labute approximate surface area is 114 Å². The molecule has 0 saturated heterocycles. The standard InChI is InChI=1S/C13H14ClF2NO2/c1-13(6-18,7-2-3-7)17-12(19)8-4-10(15)11(16)5-9(8)14/h4-5,7,18H,2-3,6H2,1H3,(H,17,19). The van der Waals surface area contributed by atoms with E-state index in [0.29, 0.717) is 0 Å². The molecule has 6 heteroatoms. The van der Waals surface area contributed by atoms with Crippen LogP contribution in [0.15, 0.2) is 12.1 Å². The van der Waals surface area contributed by atoms with Crippen molar-refractivity contribution in [1.82, 2.24) is 5.32 Å². The lowest BCUT2D eigenvalue weighted by molar-refractivity contribution is 0.0824.